The minimum absolute atomic E-state index is 0.120. The minimum atomic E-state index is 0.120. The summed E-state index contributed by atoms with van der Waals surface area (Å²) in [5.41, 5.74) is 2.52. The molecule has 0 bridgehead atoms. The molecule has 2 aromatic carbocycles. The van der Waals surface area contributed by atoms with Crippen LogP contribution in [-0.2, 0) is 17.6 Å². The molecule has 1 fully saturated rings. The van der Waals surface area contributed by atoms with Crippen LogP contribution in [0.4, 0.5) is 0 Å². The van der Waals surface area contributed by atoms with Crippen LogP contribution in [0.2, 0.25) is 0 Å². The highest BCUT2D eigenvalue weighted by molar-refractivity contribution is 5.85. The Kier molecular flexibility index (Phi) is 4.69. The normalized spacial score (nSPS) is 22.7. The molecule has 0 radical (unpaired) electrons. The number of benzene rings is 2. The molecule has 2 heteroatoms. The van der Waals surface area contributed by atoms with E-state index in [0.29, 0.717) is 5.78 Å². The van der Waals surface area contributed by atoms with Gasteiger partial charge in [0.15, 0.2) is 0 Å². The van der Waals surface area contributed by atoms with E-state index >= 15 is 0 Å². The first-order chi connectivity index (χ1) is 10.7. The molecule has 22 heavy (non-hydrogen) atoms. The van der Waals surface area contributed by atoms with E-state index in [4.69, 9.17) is 0 Å². The standard InChI is InChI=1S/C20H23NO/c1-21-14-18(12-16-8-4-2-5-9-16)20(22)19(15-21)13-17-10-6-3-7-11-17/h2-11,18-19H,12-15H2,1H3. The third-order valence-electron chi connectivity index (χ3n) is 4.52. The molecule has 0 aliphatic carbocycles. The van der Waals surface area contributed by atoms with Gasteiger partial charge in [0.25, 0.3) is 0 Å². The first-order valence-electron chi connectivity index (χ1n) is 8.02. The zero-order valence-electron chi connectivity index (χ0n) is 13.1. The maximum atomic E-state index is 12.9. The van der Waals surface area contributed by atoms with Gasteiger partial charge >= 0.3 is 0 Å². The Morgan fingerprint density at radius 3 is 1.64 bits per heavy atom. The van der Waals surface area contributed by atoms with E-state index in [1.165, 1.54) is 11.1 Å². The average Bonchev–Trinajstić information content (AvgIpc) is 2.54. The van der Waals surface area contributed by atoms with Crippen LogP contribution < -0.4 is 0 Å². The maximum Gasteiger partial charge on any atom is 0.142 e. The highest BCUT2D eigenvalue weighted by Crippen LogP contribution is 2.24. The zero-order chi connectivity index (χ0) is 15.4. The number of carbonyl (C=O) groups is 1. The van der Waals surface area contributed by atoms with Gasteiger partial charge in [0.2, 0.25) is 0 Å². The zero-order valence-corrected chi connectivity index (χ0v) is 13.1. The summed E-state index contributed by atoms with van der Waals surface area (Å²) in [5, 5.41) is 0. The van der Waals surface area contributed by atoms with Crippen LogP contribution in [0.5, 0.6) is 0 Å². The van der Waals surface area contributed by atoms with Crippen LogP contribution in [0, 0.1) is 11.8 Å². The lowest BCUT2D eigenvalue weighted by molar-refractivity contribution is -0.130. The molecular weight excluding hydrogens is 270 g/mol. The largest absolute Gasteiger partial charge is 0.305 e. The van der Waals surface area contributed by atoms with Gasteiger partial charge in [0.1, 0.15) is 5.78 Å². The van der Waals surface area contributed by atoms with Crippen LogP contribution in [0.25, 0.3) is 0 Å². The number of likely N-dealkylation sites (tertiary alicyclic amines) is 1. The maximum absolute atomic E-state index is 12.9. The number of ketones is 1. The van der Waals surface area contributed by atoms with E-state index in [0.717, 1.165) is 25.9 Å². The molecular formula is C20H23NO. The van der Waals surface area contributed by atoms with Crippen LogP contribution in [0.3, 0.4) is 0 Å². The van der Waals surface area contributed by atoms with Crippen molar-refractivity contribution in [2.75, 3.05) is 20.1 Å². The Morgan fingerprint density at radius 1 is 0.818 bits per heavy atom. The number of hydrogen-bond donors (Lipinski definition) is 0. The van der Waals surface area contributed by atoms with Crippen molar-refractivity contribution < 1.29 is 4.79 Å². The number of Topliss-reactive ketones (excluding diaryl/α,β-unsaturated/α-hetero) is 1. The number of nitrogens with zero attached hydrogens (tertiary/aromatic N) is 1. The molecule has 0 saturated carbocycles. The Balaban J connectivity index is 1.71. The van der Waals surface area contributed by atoms with Crippen LogP contribution in [0.1, 0.15) is 11.1 Å². The van der Waals surface area contributed by atoms with Gasteiger partial charge in [0.05, 0.1) is 0 Å². The third-order valence-corrected chi connectivity index (χ3v) is 4.52. The fourth-order valence-electron chi connectivity index (χ4n) is 3.47. The predicted molar refractivity (Wildman–Crippen MR) is 89.8 cm³/mol. The molecule has 2 aromatic rings. The first kappa shape index (κ1) is 15.0. The molecule has 2 nitrogen and oxygen atoms in total. The molecule has 1 aliphatic heterocycles. The van der Waals surface area contributed by atoms with Gasteiger partial charge in [-0.3, -0.25) is 4.79 Å². The van der Waals surface area contributed by atoms with Crippen molar-refractivity contribution in [3.05, 3.63) is 71.8 Å². The van der Waals surface area contributed by atoms with Crippen molar-refractivity contribution in [2.45, 2.75) is 12.8 Å². The Labute approximate surface area is 132 Å². The predicted octanol–water partition coefficient (Wildman–Crippen LogP) is 3.22. The van der Waals surface area contributed by atoms with Gasteiger partial charge in [-0.1, -0.05) is 60.7 Å². The fourth-order valence-corrected chi connectivity index (χ4v) is 3.47. The second-order valence-corrected chi connectivity index (χ2v) is 6.40. The Morgan fingerprint density at radius 2 is 1.23 bits per heavy atom. The lowest BCUT2D eigenvalue weighted by atomic mass is 9.81. The van der Waals surface area contributed by atoms with Crippen molar-refractivity contribution in [1.82, 2.24) is 4.90 Å². The summed E-state index contributed by atoms with van der Waals surface area (Å²) in [7, 11) is 2.13. The summed E-state index contributed by atoms with van der Waals surface area (Å²) >= 11 is 0. The van der Waals surface area contributed by atoms with Crippen LogP contribution >= 0.6 is 0 Å². The van der Waals surface area contributed by atoms with Gasteiger partial charge in [-0.2, -0.15) is 0 Å². The highest BCUT2D eigenvalue weighted by Gasteiger charge is 2.33. The van der Waals surface area contributed by atoms with Gasteiger partial charge in [-0.25, -0.2) is 0 Å². The van der Waals surface area contributed by atoms with E-state index in [1.54, 1.807) is 0 Å². The molecule has 114 valence electrons. The van der Waals surface area contributed by atoms with Gasteiger partial charge in [-0.05, 0) is 31.0 Å². The van der Waals surface area contributed by atoms with Gasteiger partial charge < -0.3 is 4.90 Å². The molecule has 1 saturated heterocycles. The lowest BCUT2D eigenvalue weighted by Gasteiger charge is -2.34. The molecule has 2 unspecified atom stereocenters. The summed E-state index contributed by atoms with van der Waals surface area (Å²) in [4.78, 5) is 15.2. The average molecular weight is 293 g/mol. The number of rotatable bonds is 4. The second kappa shape index (κ2) is 6.89. The van der Waals surface area contributed by atoms with Gasteiger partial charge in [-0.15, -0.1) is 0 Å². The Bertz CT molecular complexity index is 555. The van der Waals surface area contributed by atoms with Crippen LogP contribution in [0.15, 0.2) is 60.7 Å². The number of hydrogen-bond acceptors (Lipinski definition) is 2. The van der Waals surface area contributed by atoms with Crippen molar-refractivity contribution >= 4 is 5.78 Å². The van der Waals surface area contributed by atoms with E-state index in [-0.39, 0.29) is 11.8 Å². The van der Waals surface area contributed by atoms with E-state index in [9.17, 15) is 4.79 Å². The topological polar surface area (TPSA) is 20.3 Å². The monoisotopic (exact) mass is 293 g/mol. The third kappa shape index (κ3) is 3.63. The minimum Gasteiger partial charge on any atom is -0.305 e. The van der Waals surface area contributed by atoms with Gasteiger partial charge in [0, 0.05) is 24.9 Å². The highest BCUT2D eigenvalue weighted by atomic mass is 16.1. The molecule has 2 atom stereocenters. The first-order valence-corrected chi connectivity index (χ1v) is 8.02. The summed E-state index contributed by atoms with van der Waals surface area (Å²) in [6.45, 7) is 1.75. The van der Waals surface area contributed by atoms with E-state index in [1.807, 2.05) is 36.4 Å². The van der Waals surface area contributed by atoms with Crippen molar-refractivity contribution in [3.63, 3.8) is 0 Å². The van der Waals surface area contributed by atoms with Crippen molar-refractivity contribution in [2.24, 2.45) is 11.8 Å². The van der Waals surface area contributed by atoms with Crippen molar-refractivity contribution in [3.8, 4) is 0 Å². The molecule has 1 aliphatic rings. The van der Waals surface area contributed by atoms with Crippen LogP contribution in [-0.4, -0.2) is 30.8 Å². The summed E-state index contributed by atoms with van der Waals surface area (Å²) in [5.74, 6) is 0.676. The summed E-state index contributed by atoms with van der Waals surface area (Å²) < 4.78 is 0. The van der Waals surface area contributed by atoms with Crippen molar-refractivity contribution in [1.29, 1.82) is 0 Å². The molecule has 1 heterocycles. The molecule has 0 aromatic heterocycles. The quantitative estimate of drug-likeness (QED) is 0.862. The molecule has 0 N–H and O–H groups in total. The SMILES string of the molecule is CN1CC(Cc2ccccc2)C(=O)C(Cc2ccccc2)C1. The van der Waals surface area contributed by atoms with E-state index < -0.39 is 0 Å². The molecule has 0 spiro atoms. The lowest BCUT2D eigenvalue weighted by Crippen LogP contribution is -2.46. The number of piperidine rings is 1. The number of carbonyl (C=O) groups excluding carboxylic acids is 1. The Hall–Kier alpha value is -1.93. The van der Waals surface area contributed by atoms with E-state index in [2.05, 4.69) is 36.2 Å². The molecule has 3 rings (SSSR count). The summed E-state index contributed by atoms with van der Waals surface area (Å²) in [6, 6.07) is 20.7. The second-order valence-electron chi connectivity index (χ2n) is 6.40. The molecule has 0 amide bonds. The fraction of sp³-hybridized carbons (Fsp3) is 0.350. The smallest absolute Gasteiger partial charge is 0.142 e. The summed E-state index contributed by atoms with van der Waals surface area (Å²) in [6.07, 6.45) is 1.71.